The summed E-state index contributed by atoms with van der Waals surface area (Å²) in [5.41, 5.74) is 3.47. The second-order valence-electron chi connectivity index (χ2n) is 10.1. The number of benzene rings is 3. The Morgan fingerprint density at radius 1 is 1.00 bits per heavy atom. The van der Waals surface area contributed by atoms with Gasteiger partial charge in [0, 0.05) is 24.0 Å². The predicted molar refractivity (Wildman–Crippen MR) is 169 cm³/mol. The number of ether oxygens (including phenoxy) is 1. The molecule has 10 heteroatoms. The molecule has 0 unspecified atom stereocenters. The molecule has 0 atom stereocenters. The average molecular weight is 616 g/mol. The number of thiazole rings is 1. The smallest absolute Gasteiger partial charge is 0.273 e. The number of methoxy groups -OCH3 is 1. The van der Waals surface area contributed by atoms with Crippen molar-refractivity contribution in [2.24, 2.45) is 5.92 Å². The summed E-state index contributed by atoms with van der Waals surface area (Å²) in [6, 6.07) is 25.9. The van der Waals surface area contributed by atoms with Crippen molar-refractivity contribution in [3.8, 4) is 22.8 Å². The lowest BCUT2D eigenvalue weighted by molar-refractivity contribution is 0.0685. The van der Waals surface area contributed by atoms with E-state index in [-0.39, 0.29) is 5.91 Å². The minimum Gasteiger partial charge on any atom is -0.495 e. The number of carbonyl (C=O) groups is 1. The topological polar surface area (TPSA) is 73.1 Å². The largest absolute Gasteiger partial charge is 0.495 e. The number of likely N-dealkylation sites (tertiary alicyclic amines) is 1. The lowest BCUT2D eigenvalue weighted by Crippen LogP contribution is -2.39. The minimum atomic E-state index is 0.0128. The maximum Gasteiger partial charge on any atom is 0.273 e. The fourth-order valence-electron chi connectivity index (χ4n) is 5.26. The summed E-state index contributed by atoms with van der Waals surface area (Å²) < 4.78 is 7.62. The average Bonchev–Trinajstić information content (AvgIpc) is 3.68. The molecular formula is C32H30ClN5O2S2. The van der Waals surface area contributed by atoms with E-state index in [0.29, 0.717) is 39.1 Å². The van der Waals surface area contributed by atoms with Gasteiger partial charge >= 0.3 is 0 Å². The van der Waals surface area contributed by atoms with Crippen LogP contribution in [-0.4, -0.2) is 50.8 Å². The Kier molecular flexibility index (Phi) is 8.88. The van der Waals surface area contributed by atoms with Crippen molar-refractivity contribution in [3.05, 3.63) is 106 Å². The third-order valence-electron chi connectivity index (χ3n) is 7.44. The van der Waals surface area contributed by atoms with Gasteiger partial charge in [-0.2, -0.15) is 0 Å². The van der Waals surface area contributed by atoms with Crippen LogP contribution in [-0.2, 0) is 12.2 Å². The van der Waals surface area contributed by atoms with E-state index >= 15 is 0 Å². The van der Waals surface area contributed by atoms with E-state index in [1.807, 2.05) is 63.4 Å². The Morgan fingerprint density at radius 3 is 2.52 bits per heavy atom. The van der Waals surface area contributed by atoms with Gasteiger partial charge in [-0.05, 0) is 55.0 Å². The van der Waals surface area contributed by atoms with Gasteiger partial charge in [-0.25, -0.2) is 4.98 Å². The van der Waals surface area contributed by atoms with Crippen LogP contribution in [0.15, 0.2) is 89.4 Å². The molecular weight excluding hydrogens is 586 g/mol. The molecule has 0 spiro atoms. The highest BCUT2D eigenvalue weighted by Gasteiger charge is 2.26. The first-order valence-corrected chi connectivity index (χ1v) is 16.1. The molecule has 3 heterocycles. The normalized spacial score (nSPS) is 13.8. The Hall–Kier alpha value is -3.66. The van der Waals surface area contributed by atoms with Crippen molar-refractivity contribution in [2.45, 2.75) is 30.2 Å². The highest BCUT2D eigenvalue weighted by Crippen LogP contribution is 2.36. The van der Waals surface area contributed by atoms with Gasteiger partial charge in [0.15, 0.2) is 11.0 Å². The van der Waals surface area contributed by atoms with Gasteiger partial charge in [0.1, 0.15) is 16.5 Å². The number of amides is 1. The van der Waals surface area contributed by atoms with E-state index in [2.05, 4.69) is 40.5 Å². The molecule has 1 aliphatic heterocycles. The van der Waals surface area contributed by atoms with Crippen LogP contribution in [0.4, 0.5) is 0 Å². The molecule has 0 bridgehead atoms. The van der Waals surface area contributed by atoms with Crippen LogP contribution in [0.5, 0.6) is 5.75 Å². The summed E-state index contributed by atoms with van der Waals surface area (Å²) in [6.45, 7) is 1.54. The zero-order valence-corrected chi connectivity index (χ0v) is 25.5. The van der Waals surface area contributed by atoms with Crippen LogP contribution in [0.25, 0.3) is 17.1 Å². The lowest BCUT2D eigenvalue weighted by Gasteiger charge is -2.31. The number of hydrogen-bond donors (Lipinski definition) is 0. The van der Waals surface area contributed by atoms with Gasteiger partial charge in [-0.15, -0.1) is 21.5 Å². The highest BCUT2D eigenvalue weighted by molar-refractivity contribution is 7.98. The summed E-state index contributed by atoms with van der Waals surface area (Å²) in [4.78, 5) is 19.9. The Labute approximate surface area is 258 Å². The van der Waals surface area contributed by atoms with Crippen LogP contribution in [0, 0.1) is 5.92 Å². The van der Waals surface area contributed by atoms with Gasteiger partial charge in [0.25, 0.3) is 5.91 Å². The molecule has 7 nitrogen and oxygen atoms in total. The highest BCUT2D eigenvalue weighted by atomic mass is 35.5. The minimum absolute atomic E-state index is 0.0128. The van der Waals surface area contributed by atoms with Crippen LogP contribution >= 0.6 is 34.7 Å². The van der Waals surface area contributed by atoms with Crippen LogP contribution < -0.4 is 4.74 Å². The molecule has 6 rings (SSSR count). The molecule has 1 amide bonds. The molecule has 42 heavy (non-hydrogen) atoms. The summed E-state index contributed by atoms with van der Waals surface area (Å²) in [5, 5.41) is 13.0. The third kappa shape index (κ3) is 6.23. The quantitative estimate of drug-likeness (QED) is 0.160. The molecule has 1 fully saturated rings. The summed E-state index contributed by atoms with van der Waals surface area (Å²) in [6.07, 6.45) is 3.10. The molecule has 0 saturated carbocycles. The van der Waals surface area contributed by atoms with Crippen molar-refractivity contribution in [2.75, 3.05) is 20.2 Å². The van der Waals surface area contributed by atoms with Crippen LogP contribution in [0.3, 0.4) is 0 Å². The molecule has 5 aromatic rings. The number of thioether (sulfide) groups is 1. The van der Waals surface area contributed by atoms with Gasteiger partial charge < -0.3 is 9.64 Å². The second-order valence-corrected chi connectivity index (χ2v) is 12.4. The lowest BCUT2D eigenvalue weighted by atomic mass is 9.90. The van der Waals surface area contributed by atoms with E-state index in [4.69, 9.17) is 21.3 Å². The summed E-state index contributed by atoms with van der Waals surface area (Å²) in [5.74, 6) is 2.49. The van der Waals surface area contributed by atoms with E-state index in [9.17, 15) is 4.79 Å². The van der Waals surface area contributed by atoms with E-state index < -0.39 is 0 Å². The third-order valence-corrected chi connectivity index (χ3v) is 9.74. The molecule has 0 aliphatic carbocycles. The summed E-state index contributed by atoms with van der Waals surface area (Å²) in [7, 11) is 1.64. The maximum atomic E-state index is 13.3. The standard InChI is InChI=1S/C32H30ClN5O2S2/c1-40-28-14-8-7-13-27(28)38-30(24-11-5-6-12-25(24)33)35-36-32(38)42-21-29-34-26(20-41-29)31(39)37-17-15-23(16-18-37)19-22-9-3-2-4-10-22/h2-14,20,23H,15-19,21H2,1H3. The zero-order valence-electron chi connectivity index (χ0n) is 23.1. The number of piperidine rings is 1. The Bertz CT molecular complexity index is 1660. The number of halogens is 1. The first-order chi connectivity index (χ1) is 20.6. The number of rotatable bonds is 9. The number of hydrogen-bond acceptors (Lipinski definition) is 7. The van der Waals surface area contributed by atoms with Crippen molar-refractivity contribution in [1.82, 2.24) is 24.6 Å². The van der Waals surface area contributed by atoms with Gasteiger partial charge in [0.2, 0.25) is 0 Å². The number of carbonyl (C=O) groups excluding carboxylic acids is 1. The van der Waals surface area contributed by atoms with Crippen molar-refractivity contribution in [1.29, 1.82) is 0 Å². The molecule has 1 aliphatic rings. The number of nitrogens with zero attached hydrogens (tertiary/aromatic N) is 5. The fraction of sp³-hybridized carbons (Fsp3) is 0.250. The maximum absolute atomic E-state index is 13.3. The first-order valence-electron chi connectivity index (χ1n) is 13.8. The molecule has 0 N–H and O–H groups in total. The van der Waals surface area contributed by atoms with Crippen molar-refractivity contribution < 1.29 is 9.53 Å². The van der Waals surface area contributed by atoms with Crippen molar-refractivity contribution >= 4 is 40.6 Å². The van der Waals surface area contributed by atoms with Crippen molar-refractivity contribution in [3.63, 3.8) is 0 Å². The number of aromatic nitrogens is 4. The van der Waals surface area contributed by atoms with Crippen LogP contribution in [0.1, 0.15) is 33.9 Å². The molecule has 1 saturated heterocycles. The van der Waals surface area contributed by atoms with Crippen LogP contribution in [0.2, 0.25) is 5.02 Å². The molecule has 3 aromatic carbocycles. The summed E-state index contributed by atoms with van der Waals surface area (Å²) >= 11 is 9.56. The van der Waals surface area contributed by atoms with Gasteiger partial charge in [0.05, 0.1) is 23.6 Å². The first kappa shape index (κ1) is 28.5. The molecule has 0 radical (unpaired) electrons. The Morgan fingerprint density at radius 2 is 1.74 bits per heavy atom. The SMILES string of the molecule is COc1ccccc1-n1c(SCc2nc(C(=O)N3CCC(Cc4ccccc4)CC3)cs2)nnc1-c1ccccc1Cl. The van der Waals surface area contributed by atoms with E-state index in [1.54, 1.807) is 7.11 Å². The second kappa shape index (κ2) is 13.1. The monoisotopic (exact) mass is 615 g/mol. The zero-order chi connectivity index (χ0) is 28.9. The fourth-order valence-corrected chi connectivity index (χ4v) is 7.21. The Balaban J connectivity index is 1.15. The van der Waals surface area contributed by atoms with E-state index in [1.165, 1.54) is 28.7 Å². The van der Waals surface area contributed by atoms with E-state index in [0.717, 1.165) is 48.6 Å². The van der Waals surface area contributed by atoms with Gasteiger partial charge in [-0.1, -0.05) is 78.0 Å². The molecule has 2 aromatic heterocycles. The predicted octanol–water partition coefficient (Wildman–Crippen LogP) is 7.44. The van der Waals surface area contributed by atoms with Gasteiger partial charge in [-0.3, -0.25) is 9.36 Å². The molecule has 214 valence electrons. The number of para-hydroxylation sites is 2.